The fourth-order valence-electron chi connectivity index (χ4n) is 3.58. The number of carbonyl (C=O) groups is 1. The predicted molar refractivity (Wildman–Crippen MR) is 101 cm³/mol. The molecule has 150 valence electrons. The maximum absolute atomic E-state index is 13.2. The van der Waals surface area contributed by atoms with Gasteiger partial charge in [0.2, 0.25) is 0 Å². The summed E-state index contributed by atoms with van der Waals surface area (Å²) < 4.78 is 44.9. The monoisotopic (exact) mass is 392 g/mol. The molecule has 2 aromatic carbocycles. The number of halogens is 3. The summed E-state index contributed by atoms with van der Waals surface area (Å²) in [5.41, 5.74) is 6.78. The van der Waals surface area contributed by atoms with E-state index < -0.39 is 17.2 Å². The average Bonchev–Trinajstić information content (AvgIpc) is 2.68. The van der Waals surface area contributed by atoms with Crippen molar-refractivity contribution in [2.24, 2.45) is 0 Å². The van der Waals surface area contributed by atoms with E-state index in [1.807, 2.05) is 6.92 Å². The van der Waals surface area contributed by atoms with Crippen LogP contribution in [0.4, 0.5) is 18.9 Å². The Morgan fingerprint density at radius 3 is 2.57 bits per heavy atom. The second-order valence-electron chi connectivity index (χ2n) is 7.23. The van der Waals surface area contributed by atoms with Crippen LogP contribution < -0.4 is 11.1 Å². The first-order valence-corrected chi connectivity index (χ1v) is 9.11. The molecule has 1 saturated heterocycles. The van der Waals surface area contributed by atoms with Crippen molar-refractivity contribution in [3.63, 3.8) is 0 Å². The molecule has 1 fully saturated rings. The molecule has 0 spiro atoms. The Bertz CT molecular complexity index is 859. The number of rotatable bonds is 4. The predicted octanol–water partition coefficient (Wildman–Crippen LogP) is 4.07. The summed E-state index contributed by atoms with van der Waals surface area (Å²) in [7, 11) is 0. The molecule has 0 radical (unpaired) electrons. The van der Waals surface area contributed by atoms with E-state index in [2.05, 4.69) is 5.32 Å². The van der Waals surface area contributed by atoms with Gasteiger partial charge in [-0.15, -0.1) is 0 Å². The van der Waals surface area contributed by atoms with Crippen LogP contribution in [0, 0.1) is 6.92 Å². The van der Waals surface area contributed by atoms with E-state index in [0.29, 0.717) is 42.9 Å². The van der Waals surface area contributed by atoms with E-state index in [9.17, 15) is 18.0 Å². The average molecular weight is 392 g/mol. The Morgan fingerprint density at radius 2 is 1.89 bits per heavy atom. The Hall–Kier alpha value is -2.54. The minimum absolute atomic E-state index is 0.227. The lowest BCUT2D eigenvalue weighted by atomic mass is 9.73. The minimum Gasteiger partial charge on any atom is -0.399 e. The molecular weight excluding hydrogens is 369 g/mol. The maximum Gasteiger partial charge on any atom is 0.416 e. The van der Waals surface area contributed by atoms with Crippen molar-refractivity contribution < 1.29 is 22.7 Å². The molecular formula is C21H23F3N2O2. The number of hydrogen-bond acceptors (Lipinski definition) is 3. The second kappa shape index (κ2) is 7.83. The summed E-state index contributed by atoms with van der Waals surface area (Å²) in [6, 6.07) is 10.4. The summed E-state index contributed by atoms with van der Waals surface area (Å²) in [6.45, 7) is 2.91. The molecule has 0 bridgehead atoms. The zero-order chi connectivity index (χ0) is 20.4. The summed E-state index contributed by atoms with van der Waals surface area (Å²) in [4.78, 5) is 12.7. The number of alkyl halides is 3. The number of benzene rings is 2. The molecule has 0 atom stereocenters. The van der Waals surface area contributed by atoms with Crippen molar-refractivity contribution in [2.45, 2.75) is 31.4 Å². The zero-order valence-corrected chi connectivity index (χ0v) is 15.6. The van der Waals surface area contributed by atoms with Crippen LogP contribution in [-0.4, -0.2) is 25.7 Å². The third-order valence-corrected chi connectivity index (χ3v) is 5.35. The van der Waals surface area contributed by atoms with Crippen LogP contribution in [0.5, 0.6) is 0 Å². The lowest BCUT2D eigenvalue weighted by Crippen LogP contribution is -2.44. The number of ether oxygens (including phenoxy) is 1. The third kappa shape index (κ3) is 4.30. The smallest absolute Gasteiger partial charge is 0.399 e. The second-order valence-corrected chi connectivity index (χ2v) is 7.23. The number of nitrogens with two attached hydrogens (primary N) is 1. The molecule has 0 saturated carbocycles. The number of nitrogen functional groups attached to an aromatic ring is 1. The van der Waals surface area contributed by atoms with Gasteiger partial charge in [0.05, 0.1) is 5.56 Å². The van der Waals surface area contributed by atoms with Gasteiger partial charge in [0.25, 0.3) is 5.91 Å². The number of amides is 1. The Labute approximate surface area is 161 Å². The van der Waals surface area contributed by atoms with Gasteiger partial charge in [-0.2, -0.15) is 13.2 Å². The van der Waals surface area contributed by atoms with Gasteiger partial charge in [0, 0.05) is 36.4 Å². The quantitative estimate of drug-likeness (QED) is 0.771. The first-order chi connectivity index (χ1) is 13.2. The fourth-order valence-corrected chi connectivity index (χ4v) is 3.58. The summed E-state index contributed by atoms with van der Waals surface area (Å²) in [5.74, 6) is -0.289. The molecule has 0 aliphatic carbocycles. The summed E-state index contributed by atoms with van der Waals surface area (Å²) >= 11 is 0. The van der Waals surface area contributed by atoms with Crippen LogP contribution in [-0.2, 0) is 16.3 Å². The number of carbonyl (C=O) groups excluding carboxylic acids is 1. The number of anilines is 1. The van der Waals surface area contributed by atoms with Gasteiger partial charge in [-0.1, -0.05) is 24.3 Å². The lowest BCUT2D eigenvalue weighted by Gasteiger charge is -2.38. The van der Waals surface area contributed by atoms with Gasteiger partial charge in [-0.25, -0.2) is 0 Å². The molecule has 0 aromatic heterocycles. The normalized spacial score (nSPS) is 16.6. The van der Waals surface area contributed by atoms with Crippen molar-refractivity contribution in [1.29, 1.82) is 0 Å². The highest BCUT2D eigenvalue weighted by molar-refractivity contribution is 5.96. The summed E-state index contributed by atoms with van der Waals surface area (Å²) in [6.07, 6.45) is -3.35. The van der Waals surface area contributed by atoms with Crippen molar-refractivity contribution in [3.05, 3.63) is 64.7 Å². The molecule has 3 rings (SSSR count). The van der Waals surface area contributed by atoms with E-state index in [0.717, 1.165) is 11.6 Å². The van der Waals surface area contributed by atoms with Gasteiger partial charge in [0.1, 0.15) is 0 Å². The van der Waals surface area contributed by atoms with Crippen molar-refractivity contribution in [2.75, 3.05) is 25.5 Å². The Morgan fingerprint density at radius 1 is 1.18 bits per heavy atom. The number of aryl methyl sites for hydroxylation is 1. The van der Waals surface area contributed by atoms with E-state index in [4.69, 9.17) is 10.5 Å². The molecule has 3 N–H and O–H groups in total. The standard InChI is InChI=1S/C21H23F3N2O2/c1-14-5-6-17(25)12-18(14)19(27)26-13-20(7-9-28-10-8-20)15-3-2-4-16(11-15)21(22,23)24/h2-6,11-12H,7-10,13,25H2,1H3,(H,26,27). The molecule has 7 heteroatoms. The van der Waals surface area contributed by atoms with Crippen LogP contribution >= 0.6 is 0 Å². The van der Waals surface area contributed by atoms with Gasteiger partial charge < -0.3 is 15.8 Å². The largest absolute Gasteiger partial charge is 0.416 e. The van der Waals surface area contributed by atoms with Crippen LogP contribution in [0.25, 0.3) is 0 Å². The van der Waals surface area contributed by atoms with Gasteiger partial charge in [-0.3, -0.25) is 4.79 Å². The molecule has 2 aromatic rings. The molecule has 1 amide bonds. The van der Waals surface area contributed by atoms with Gasteiger partial charge in [0.15, 0.2) is 0 Å². The molecule has 1 aliphatic rings. The van der Waals surface area contributed by atoms with Crippen molar-refractivity contribution >= 4 is 11.6 Å². The number of hydrogen-bond donors (Lipinski definition) is 2. The summed E-state index contributed by atoms with van der Waals surface area (Å²) in [5, 5.41) is 2.90. The van der Waals surface area contributed by atoms with E-state index in [1.54, 1.807) is 24.3 Å². The first-order valence-electron chi connectivity index (χ1n) is 9.11. The van der Waals surface area contributed by atoms with Crippen LogP contribution in [0.3, 0.4) is 0 Å². The Kier molecular flexibility index (Phi) is 5.65. The topological polar surface area (TPSA) is 64.4 Å². The van der Waals surface area contributed by atoms with E-state index in [-0.39, 0.29) is 12.5 Å². The number of nitrogens with one attached hydrogen (secondary N) is 1. The van der Waals surface area contributed by atoms with Crippen molar-refractivity contribution in [1.82, 2.24) is 5.32 Å². The van der Waals surface area contributed by atoms with E-state index in [1.165, 1.54) is 12.1 Å². The molecule has 0 unspecified atom stereocenters. The van der Waals surface area contributed by atoms with Crippen molar-refractivity contribution in [3.8, 4) is 0 Å². The van der Waals surface area contributed by atoms with E-state index >= 15 is 0 Å². The van der Waals surface area contributed by atoms with Crippen LogP contribution in [0.15, 0.2) is 42.5 Å². The lowest BCUT2D eigenvalue weighted by molar-refractivity contribution is -0.137. The highest BCUT2D eigenvalue weighted by Gasteiger charge is 2.37. The highest BCUT2D eigenvalue weighted by atomic mass is 19.4. The third-order valence-electron chi connectivity index (χ3n) is 5.35. The fraction of sp³-hybridized carbons (Fsp3) is 0.381. The zero-order valence-electron chi connectivity index (χ0n) is 15.6. The molecule has 28 heavy (non-hydrogen) atoms. The van der Waals surface area contributed by atoms with Crippen LogP contribution in [0.1, 0.15) is 39.9 Å². The molecule has 1 heterocycles. The molecule has 1 aliphatic heterocycles. The maximum atomic E-state index is 13.2. The highest BCUT2D eigenvalue weighted by Crippen LogP contribution is 2.38. The Balaban J connectivity index is 1.86. The van der Waals surface area contributed by atoms with Crippen LogP contribution in [0.2, 0.25) is 0 Å². The minimum atomic E-state index is -4.41. The van der Waals surface area contributed by atoms with Gasteiger partial charge >= 0.3 is 6.18 Å². The first kappa shape index (κ1) is 20.2. The SMILES string of the molecule is Cc1ccc(N)cc1C(=O)NCC1(c2cccc(C(F)(F)F)c2)CCOCC1. The molecule has 4 nitrogen and oxygen atoms in total. The van der Waals surface area contributed by atoms with Gasteiger partial charge in [-0.05, 0) is 49.1 Å².